The van der Waals surface area contributed by atoms with E-state index in [9.17, 15) is 19.1 Å². The molecule has 0 aliphatic carbocycles. The van der Waals surface area contributed by atoms with Crippen LogP contribution in [0.25, 0.3) is 5.76 Å². The monoisotopic (exact) mass is 438 g/mol. The van der Waals surface area contributed by atoms with Crippen LogP contribution in [0.15, 0.2) is 66.8 Å². The maximum Gasteiger partial charge on any atom is 0.295 e. The third kappa shape index (κ3) is 5.06. The summed E-state index contributed by atoms with van der Waals surface area (Å²) >= 11 is 0. The number of benzene rings is 2. The van der Waals surface area contributed by atoms with Crippen LogP contribution < -0.4 is 4.74 Å². The van der Waals surface area contributed by atoms with E-state index in [1.54, 1.807) is 30.3 Å². The van der Waals surface area contributed by atoms with Crippen LogP contribution in [0.4, 0.5) is 4.39 Å². The topological polar surface area (TPSA) is 70.1 Å². The van der Waals surface area contributed by atoms with E-state index >= 15 is 0 Å². The Morgan fingerprint density at radius 1 is 1.16 bits per heavy atom. The first kappa shape index (κ1) is 23.2. The third-order valence-electron chi connectivity index (χ3n) is 5.23. The van der Waals surface area contributed by atoms with Crippen LogP contribution in [0.1, 0.15) is 23.6 Å². The van der Waals surface area contributed by atoms with Crippen molar-refractivity contribution in [2.45, 2.75) is 12.5 Å². The summed E-state index contributed by atoms with van der Waals surface area (Å²) < 4.78 is 19.0. The summed E-state index contributed by atoms with van der Waals surface area (Å²) in [5, 5.41) is 11.0. The summed E-state index contributed by atoms with van der Waals surface area (Å²) in [4.78, 5) is 29.3. The zero-order chi connectivity index (χ0) is 23.3. The number of hydrogen-bond donors (Lipinski definition) is 1. The second-order valence-corrected chi connectivity index (χ2v) is 7.82. The first-order chi connectivity index (χ1) is 15.3. The van der Waals surface area contributed by atoms with Gasteiger partial charge in [-0.05, 0) is 69.0 Å². The van der Waals surface area contributed by atoms with Crippen molar-refractivity contribution in [1.82, 2.24) is 9.80 Å². The first-order valence-electron chi connectivity index (χ1n) is 10.4. The van der Waals surface area contributed by atoms with Gasteiger partial charge in [-0.25, -0.2) is 4.39 Å². The zero-order valence-electron chi connectivity index (χ0n) is 18.3. The van der Waals surface area contributed by atoms with Crippen LogP contribution in [-0.2, 0) is 9.59 Å². The van der Waals surface area contributed by atoms with E-state index in [0.717, 1.165) is 6.54 Å². The minimum absolute atomic E-state index is 0.00813. The highest BCUT2D eigenvalue weighted by Gasteiger charge is 2.45. The van der Waals surface area contributed by atoms with Gasteiger partial charge < -0.3 is 19.6 Å². The van der Waals surface area contributed by atoms with Gasteiger partial charge in [0, 0.05) is 12.1 Å². The van der Waals surface area contributed by atoms with Crippen LogP contribution in [-0.4, -0.2) is 60.4 Å². The van der Waals surface area contributed by atoms with Gasteiger partial charge in [0.2, 0.25) is 0 Å². The molecule has 0 spiro atoms. The highest BCUT2D eigenvalue weighted by atomic mass is 19.1. The molecule has 0 bridgehead atoms. The van der Waals surface area contributed by atoms with E-state index in [0.29, 0.717) is 36.4 Å². The average molecular weight is 438 g/mol. The molecule has 3 rings (SSSR count). The summed E-state index contributed by atoms with van der Waals surface area (Å²) in [5.74, 6) is -1.55. The van der Waals surface area contributed by atoms with E-state index in [-0.39, 0.29) is 11.3 Å². The molecule has 1 N–H and O–H groups in total. The van der Waals surface area contributed by atoms with Gasteiger partial charge in [-0.15, -0.1) is 0 Å². The Labute approximate surface area is 187 Å². The number of halogens is 1. The molecule has 0 aromatic heterocycles. The Balaban J connectivity index is 2.02. The SMILES string of the molecule is C=CCOc1ccc(C(O)=C2C(=O)C(=O)N(CCCN(C)C)[C@H]2c2ccc(F)cc2)cc1. The number of carbonyl (C=O) groups excluding carboxylic acids is 2. The summed E-state index contributed by atoms with van der Waals surface area (Å²) in [7, 11) is 3.85. The number of carbonyl (C=O) groups is 2. The van der Waals surface area contributed by atoms with Gasteiger partial charge in [0.05, 0.1) is 11.6 Å². The maximum atomic E-state index is 13.5. The molecule has 7 heteroatoms. The van der Waals surface area contributed by atoms with Crippen molar-refractivity contribution >= 4 is 17.4 Å². The van der Waals surface area contributed by atoms with Gasteiger partial charge in [-0.3, -0.25) is 9.59 Å². The summed E-state index contributed by atoms with van der Waals surface area (Å²) in [6.07, 6.45) is 2.27. The van der Waals surface area contributed by atoms with E-state index < -0.39 is 23.5 Å². The van der Waals surface area contributed by atoms with Crippen LogP contribution in [0.3, 0.4) is 0 Å². The minimum atomic E-state index is -0.797. The number of likely N-dealkylation sites (tertiary alicyclic amines) is 1. The number of amides is 1. The van der Waals surface area contributed by atoms with E-state index in [2.05, 4.69) is 6.58 Å². The standard InChI is InChI=1S/C25H27FN2O4/c1-4-16-32-20-12-8-18(9-13-20)23(29)21-22(17-6-10-19(26)11-7-17)28(25(31)24(21)30)15-5-14-27(2)3/h4,6-13,22,29H,1,5,14-16H2,2-3H3/t22-/m0/s1. The minimum Gasteiger partial charge on any atom is -0.507 e. The fraction of sp³-hybridized carbons (Fsp3) is 0.280. The van der Waals surface area contributed by atoms with Crippen molar-refractivity contribution in [3.05, 3.63) is 83.7 Å². The molecule has 1 saturated heterocycles. The van der Waals surface area contributed by atoms with Gasteiger partial charge >= 0.3 is 0 Å². The van der Waals surface area contributed by atoms with Crippen molar-refractivity contribution < 1.29 is 23.8 Å². The number of ether oxygens (including phenoxy) is 1. The van der Waals surface area contributed by atoms with E-state index in [1.807, 2.05) is 19.0 Å². The molecule has 0 saturated carbocycles. The number of hydrogen-bond acceptors (Lipinski definition) is 5. The van der Waals surface area contributed by atoms with E-state index in [4.69, 9.17) is 4.74 Å². The lowest BCUT2D eigenvalue weighted by atomic mass is 9.95. The van der Waals surface area contributed by atoms with Crippen molar-refractivity contribution in [1.29, 1.82) is 0 Å². The predicted molar refractivity (Wildman–Crippen MR) is 121 cm³/mol. The summed E-state index contributed by atoms with van der Waals surface area (Å²) in [6.45, 7) is 5.00. The van der Waals surface area contributed by atoms with Crippen LogP contribution in [0.2, 0.25) is 0 Å². The molecular formula is C25H27FN2O4. The number of aliphatic hydroxyl groups excluding tert-OH is 1. The Morgan fingerprint density at radius 3 is 2.41 bits per heavy atom. The number of Topliss-reactive ketones (excluding diaryl/α,β-unsaturated/α-hetero) is 1. The largest absolute Gasteiger partial charge is 0.507 e. The zero-order valence-corrected chi connectivity index (χ0v) is 18.3. The van der Waals surface area contributed by atoms with Gasteiger partial charge in [0.1, 0.15) is 23.9 Å². The number of rotatable bonds is 9. The van der Waals surface area contributed by atoms with Crippen LogP contribution in [0.5, 0.6) is 5.75 Å². The lowest BCUT2D eigenvalue weighted by Crippen LogP contribution is -2.32. The molecule has 2 aromatic carbocycles. The first-order valence-corrected chi connectivity index (χ1v) is 10.4. The fourth-order valence-electron chi connectivity index (χ4n) is 3.68. The molecule has 1 amide bonds. The molecular weight excluding hydrogens is 411 g/mol. The second-order valence-electron chi connectivity index (χ2n) is 7.82. The van der Waals surface area contributed by atoms with Gasteiger partial charge in [0.15, 0.2) is 0 Å². The molecule has 1 heterocycles. The smallest absolute Gasteiger partial charge is 0.295 e. The van der Waals surface area contributed by atoms with Gasteiger partial charge in [0.25, 0.3) is 11.7 Å². The van der Waals surface area contributed by atoms with Crippen LogP contribution in [0, 0.1) is 5.82 Å². The maximum absolute atomic E-state index is 13.5. The molecule has 32 heavy (non-hydrogen) atoms. The summed E-state index contributed by atoms with van der Waals surface area (Å²) in [6, 6.07) is 11.4. The third-order valence-corrected chi connectivity index (χ3v) is 5.23. The molecule has 1 aliphatic heterocycles. The van der Waals surface area contributed by atoms with E-state index in [1.165, 1.54) is 29.2 Å². The predicted octanol–water partition coefficient (Wildman–Crippen LogP) is 3.76. The van der Waals surface area contributed by atoms with Crippen molar-refractivity contribution in [2.75, 3.05) is 33.8 Å². The second kappa shape index (κ2) is 10.2. The normalized spacial score (nSPS) is 17.8. The number of nitrogens with zero attached hydrogens (tertiary/aromatic N) is 2. The van der Waals surface area contributed by atoms with Gasteiger partial charge in [-0.1, -0.05) is 24.8 Å². The Morgan fingerprint density at radius 2 is 1.81 bits per heavy atom. The Kier molecular flexibility index (Phi) is 7.43. The fourth-order valence-corrected chi connectivity index (χ4v) is 3.68. The van der Waals surface area contributed by atoms with Crippen LogP contribution >= 0.6 is 0 Å². The Hall–Kier alpha value is -3.45. The Bertz CT molecular complexity index is 1010. The number of aliphatic hydroxyl groups is 1. The molecule has 6 nitrogen and oxygen atoms in total. The molecule has 2 aromatic rings. The quantitative estimate of drug-likeness (QED) is 0.279. The lowest BCUT2D eigenvalue weighted by Gasteiger charge is -2.26. The van der Waals surface area contributed by atoms with Crippen molar-refractivity contribution in [3.63, 3.8) is 0 Å². The molecule has 0 radical (unpaired) electrons. The molecule has 1 atom stereocenters. The molecule has 1 fully saturated rings. The van der Waals surface area contributed by atoms with Crippen molar-refractivity contribution in [2.24, 2.45) is 0 Å². The number of ketones is 1. The molecule has 1 aliphatic rings. The molecule has 168 valence electrons. The highest BCUT2D eigenvalue weighted by Crippen LogP contribution is 2.39. The average Bonchev–Trinajstić information content (AvgIpc) is 3.03. The van der Waals surface area contributed by atoms with Crippen molar-refractivity contribution in [3.8, 4) is 5.75 Å². The lowest BCUT2D eigenvalue weighted by molar-refractivity contribution is -0.139. The van der Waals surface area contributed by atoms with Gasteiger partial charge in [-0.2, -0.15) is 0 Å². The summed E-state index contributed by atoms with van der Waals surface area (Å²) in [5.41, 5.74) is 0.934. The highest BCUT2D eigenvalue weighted by molar-refractivity contribution is 6.46. The molecule has 0 unspecified atom stereocenters.